The van der Waals surface area contributed by atoms with Crippen LogP contribution in [0.3, 0.4) is 0 Å². The summed E-state index contributed by atoms with van der Waals surface area (Å²) in [5.74, 6) is 0.611. The summed E-state index contributed by atoms with van der Waals surface area (Å²) in [7, 11) is 0. The number of piperidine rings is 1. The van der Waals surface area contributed by atoms with Crippen molar-refractivity contribution < 1.29 is 9.53 Å². The first kappa shape index (κ1) is 17.4. The first-order valence-corrected chi connectivity index (χ1v) is 9.74. The van der Waals surface area contributed by atoms with E-state index in [1.165, 1.54) is 25.9 Å². The average molecular weight is 356 g/mol. The number of nitrogens with one attached hydrogen (secondary N) is 1. The summed E-state index contributed by atoms with van der Waals surface area (Å²) in [5, 5.41) is 0.946. The first-order chi connectivity index (χ1) is 12.7. The Balaban J connectivity index is 1.30. The molecule has 6 heteroatoms. The number of aromatic amines is 1. The predicted octanol–water partition coefficient (Wildman–Crippen LogP) is 2.77. The molecule has 1 aromatic carbocycles. The Labute approximate surface area is 154 Å². The molecular weight excluding hydrogens is 328 g/mol. The van der Waals surface area contributed by atoms with Gasteiger partial charge in [-0.25, -0.2) is 4.79 Å². The minimum Gasteiger partial charge on any atom is -0.408 e. The van der Waals surface area contributed by atoms with E-state index in [0.29, 0.717) is 11.8 Å². The zero-order chi connectivity index (χ0) is 17.9. The van der Waals surface area contributed by atoms with Crippen LogP contribution in [-0.2, 0) is 0 Å². The summed E-state index contributed by atoms with van der Waals surface area (Å²) in [6.07, 6.45) is 4.01. The van der Waals surface area contributed by atoms with Gasteiger partial charge in [-0.15, -0.1) is 0 Å². The van der Waals surface area contributed by atoms with Crippen molar-refractivity contribution in [2.75, 3.05) is 45.8 Å². The van der Waals surface area contributed by atoms with E-state index in [2.05, 4.69) is 21.7 Å². The largest absolute Gasteiger partial charge is 0.415 e. The molecule has 2 aromatic rings. The molecule has 2 fully saturated rings. The van der Waals surface area contributed by atoms with E-state index in [1.807, 2.05) is 29.2 Å². The second kappa shape index (κ2) is 7.68. The van der Waals surface area contributed by atoms with E-state index in [-0.39, 0.29) is 6.09 Å². The Kier molecular flexibility index (Phi) is 5.13. The number of carbonyl (C=O) groups is 1. The fourth-order valence-electron chi connectivity index (χ4n) is 4.16. The second-order valence-electron chi connectivity index (χ2n) is 7.25. The minimum atomic E-state index is -0.241. The number of H-pyrrole nitrogens is 1. The van der Waals surface area contributed by atoms with Crippen LogP contribution in [0.1, 0.15) is 19.8 Å². The fourth-order valence-corrected chi connectivity index (χ4v) is 4.16. The second-order valence-corrected chi connectivity index (χ2v) is 7.25. The molecule has 0 atom stereocenters. The number of benzene rings is 1. The molecule has 4 rings (SSSR count). The van der Waals surface area contributed by atoms with Gasteiger partial charge in [0.2, 0.25) is 0 Å². The normalized spacial score (nSPS) is 20.6. The van der Waals surface area contributed by atoms with Gasteiger partial charge in [-0.3, -0.25) is 4.90 Å². The molecule has 0 aliphatic carbocycles. The molecule has 0 spiro atoms. The summed E-state index contributed by atoms with van der Waals surface area (Å²) in [6, 6.07) is 8.54. The van der Waals surface area contributed by atoms with Crippen LogP contribution in [0.15, 0.2) is 30.5 Å². The van der Waals surface area contributed by atoms with Crippen molar-refractivity contribution in [3.05, 3.63) is 30.5 Å². The number of piperazine rings is 1. The topological polar surface area (TPSA) is 51.8 Å². The average Bonchev–Trinajstić information content (AvgIpc) is 3.11. The molecule has 0 saturated carbocycles. The van der Waals surface area contributed by atoms with Crippen molar-refractivity contribution in [1.29, 1.82) is 0 Å². The van der Waals surface area contributed by atoms with Crippen molar-refractivity contribution in [1.82, 2.24) is 19.7 Å². The van der Waals surface area contributed by atoms with Crippen LogP contribution in [0.25, 0.3) is 10.9 Å². The zero-order valence-electron chi connectivity index (χ0n) is 15.5. The van der Waals surface area contributed by atoms with Crippen LogP contribution in [-0.4, -0.2) is 77.6 Å². The number of carbonyl (C=O) groups excluding carboxylic acids is 1. The number of rotatable bonds is 3. The molecule has 26 heavy (non-hydrogen) atoms. The Morgan fingerprint density at radius 1 is 1.12 bits per heavy atom. The summed E-state index contributed by atoms with van der Waals surface area (Å²) in [6.45, 7) is 9.16. The maximum atomic E-state index is 12.5. The van der Waals surface area contributed by atoms with Crippen molar-refractivity contribution in [2.45, 2.75) is 25.8 Å². The third kappa shape index (κ3) is 3.57. The van der Waals surface area contributed by atoms with Crippen LogP contribution in [0.4, 0.5) is 4.79 Å². The Morgan fingerprint density at radius 3 is 2.58 bits per heavy atom. The lowest BCUT2D eigenvalue weighted by molar-refractivity contribution is 0.0610. The first-order valence-electron chi connectivity index (χ1n) is 9.74. The van der Waals surface area contributed by atoms with Crippen LogP contribution in [0.5, 0.6) is 5.75 Å². The molecule has 1 N–H and O–H groups in total. The van der Waals surface area contributed by atoms with Gasteiger partial charge in [0.1, 0.15) is 0 Å². The third-order valence-corrected chi connectivity index (χ3v) is 5.84. The van der Waals surface area contributed by atoms with Crippen molar-refractivity contribution >= 4 is 17.0 Å². The molecule has 2 aliphatic rings. The highest BCUT2D eigenvalue weighted by atomic mass is 16.6. The summed E-state index contributed by atoms with van der Waals surface area (Å²) < 4.78 is 5.65. The summed E-state index contributed by atoms with van der Waals surface area (Å²) >= 11 is 0. The summed E-state index contributed by atoms with van der Waals surface area (Å²) in [5.41, 5.74) is 0.985. The smallest absolute Gasteiger partial charge is 0.408 e. The highest BCUT2D eigenvalue weighted by Crippen LogP contribution is 2.26. The molecular formula is C20H28N4O2. The SMILES string of the molecule is CCN1CCC(N2CCN(C(=O)Oc3c[nH]c4ccccc34)CC2)CC1. The molecule has 1 amide bonds. The summed E-state index contributed by atoms with van der Waals surface area (Å²) in [4.78, 5) is 22.6. The van der Waals surface area contributed by atoms with E-state index >= 15 is 0 Å². The van der Waals surface area contributed by atoms with E-state index in [1.54, 1.807) is 6.20 Å². The van der Waals surface area contributed by atoms with Crippen molar-refractivity contribution in [2.24, 2.45) is 0 Å². The lowest BCUT2D eigenvalue weighted by atomic mass is 10.0. The molecule has 3 heterocycles. The van der Waals surface area contributed by atoms with Gasteiger partial charge >= 0.3 is 6.09 Å². The van der Waals surface area contributed by atoms with Gasteiger partial charge in [0, 0.05) is 49.3 Å². The molecule has 2 aliphatic heterocycles. The van der Waals surface area contributed by atoms with E-state index < -0.39 is 0 Å². The monoisotopic (exact) mass is 356 g/mol. The van der Waals surface area contributed by atoms with E-state index in [4.69, 9.17) is 4.74 Å². The molecule has 0 radical (unpaired) electrons. The van der Waals surface area contributed by atoms with E-state index in [9.17, 15) is 4.79 Å². The molecule has 2 saturated heterocycles. The number of para-hydroxylation sites is 1. The molecule has 1 aromatic heterocycles. The van der Waals surface area contributed by atoms with Gasteiger partial charge in [-0.05, 0) is 44.6 Å². The number of amides is 1. The predicted molar refractivity (Wildman–Crippen MR) is 103 cm³/mol. The molecule has 6 nitrogen and oxygen atoms in total. The minimum absolute atomic E-state index is 0.241. The van der Waals surface area contributed by atoms with Crippen LogP contribution >= 0.6 is 0 Å². The highest BCUT2D eigenvalue weighted by Gasteiger charge is 2.29. The standard InChI is InChI=1S/C20H28N4O2/c1-2-22-9-7-16(8-10-22)23-11-13-24(14-12-23)20(25)26-19-15-21-18-6-4-3-5-17(18)19/h3-6,15-16,21H,2,7-14H2,1H3. The molecule has 140 valence electrons. The number of fused-ring (bicyclic) bond motifs is 1. The van der Waals surface area contributed by atoms with Crippen LogP contribution in [0, 0.1) is 0 Å². The van der Waals surface area contributed by atoms with Crippen LogP contribution in [0.2, 0.25) is 0 Å². The van der Waals surface area contributed by atoms with Gasteiger partial charge in [0.05, 0.1) is 0 Å². The number of nitrogens with zero attached hydrogens (tertiary/aromatic N) is 3. The van der Waals surface area contributed by atoms with Gasteiger partial charge in [0.15, 0.2) is 5.75 Å². The van der Waals surface area contributed by atoms with Crippen LogP contribution < -0.4 is 4.74 Å². The van der Waals surface area contributed by atoms with E-state index in [0.717, 1.165) is 43.6 Å². The number of hydrogen-bond acceptors (Lipinski definition) is 4. The Bertz CT molecular complexity index is 743. The maximum Gasteiger partial charge on any atom is 0.415 e. The number of likely N-dealkylation sites (tertiary alicyclic amines) is 1. The van der Waals surface area contributed by atoms with Gasteiger partial charge < -0.3 is 19.5 Å². The fraction of sp³-hybridized carbons (Fsp3) is 0.550. The molecule has 0 bridgehead atoms. The Hall–Kier alpha value is -2.05. The van der Waals surface area contributed by atoms with Gasteiger partial charge in [-0.1, -0.05) is 19.1 Å². The quantitative estimate of drug-likeness (QED) is 0.919. The lowest BCUT2D eigenvalue weighted by Gasteiger charge is -2.42. The highest BCUT2D eigenvalue weighted by molar-refractivity contribution is 5.88. The van der Waals surface area contributed by atoms with Gasteiger partial charge in [0.25, 0.3) is 0 Å². The third-order valence-electron chi connectivity index (χ3n) is 5.84. The lowest BCUT2D eigenvalue weighted by Crippen LogP contribution is -2.54. The molecule has 0 unspecified atom stereocenters. The van der Waals surface area contributed by atoms with Gasteiger partial charge in [-0.2, -0.15) is 0 Å². The number of aromatic nitrogens is 1. The maximum absolute atomic E-state index is 12.5. The van der Waals surface area contributed by atoms with Crippen molar-refractivity contribution in [3.8, 4) is 5.75 Å². The Morgan fingerprint density at radius 2 is 1.85 bits per heavy atom. The zero-order valence-corrected chi connectivity index (χ0v) is 15.5. The number of hydrogen-bond donors (Lipinski definition) is 1. The number of ether oxygens (including phenoxy) is 1. The van der Waals surface area contributed by atoms with Crippen molar-refractivity contribution in [3.63, 3.8) is 0 Å².